The molecule has 3 heterocycles. The van der Waals surface area contributed by atoms with E-state index < -0.39 is 5.95 Å². The van der Waals surface area contributed by atoms with Gasteiger partial charge in [0.05, 0.1) is 11.0 Å². The minimum absolute atomic E-state index is 0.286. The van der Waals surface area contributed by atoms with Crippen LogP contribution in [-0.2, 0) is 12.8 Å². The zero-order valence-corrected chi connectivity index (χ0v) is 18.1. The first kappa shape index (κ1) is 21.3. The van der Waals surface area contributed by atoms with Crippen LogP contribution in [0.4, 0.5) is 10.3 Å². The molecule has 3 aromatic rings. The third kappa shape index (κ3) is 4.64. The number of hydrogen-bond donors (Lipinski definition) is 1. The van der Waals surface area contributed by atoms with Crippen LogP contribution in [0, 0.1) is 12.9 Å². The van der Waals surface area contributed by atoms with Crippen LogP contribution in [0.5, 0.6) is 0 Å². The van der Waals surface area contributed by atoms with Gasteiger partial charge in [0.25, 0.3) is 0 Å². The van der Waals surface area contributed by atoms with Gasteiger partial charge in [-0.25, -0.2) is 15.0 Å². The summed E-state index contributed by atoms with van der Waals surface area (Å²) in [6.45, 7) is 5.98. The number of rotatable bonds is 2. The topological polar surface area (TPSA) is 57.7 Å². The number of anilines is 1. The summed E-state index contributed by atoms with van der Waals surface area (Å²) in [5.74, 6) is 2.10. The summed E-state index contributed by atoms with van der Waals surface area (Å²) >= 11 is 2.94. The van der Waals surface area contributed by atoms with E-state index in [1.165, 1.54) is 11.8 Å². The van der Waals surface area contributed by atoms with E-state index in [1.54, 1.807) is 6.07 Å². The minimum Gasteiger partial charge on any atom is -0.357 e. The summed E-state index contributed by atoms with van der Waals surface area (Å²) in [6.07, 6.45) is 6.41. The third-order valence-corrected chi connectivity index (χ3v) is 4.59. The van der Waals surface area contributed by atoms with Gasteiger partial charge in [0.15, 0.2) is 0 Å². The highest BCUT2D eigenvalue weighted by molar-refractivity contribution is 9.08. The molecular weight excluding hydrogens is 409 g/mol. The Labute approximate surface area is 168 Å². The monoisotopic (exact) mass is 435 g/mol. The van der Waals surface area contributed by atoms with Crippen LogP contribution in [0.25, 0.3) is 11.0 Å². The molecule has 1 unspecified atom stereocenters. The van der Waals surface area contributed by atoms with Gasteiger partial charge in [-0.05, 0) is 49.7 Å². The number of hydrogen-bond acceptors (Lipinski definition) is 4. The predicted octanol–water partition coefficient (Wildman–Crippen LogP) is 4.83. The van der Waals surface area contributed by atoms with Crippen LogP contribution < -0.4 is 4.90 Å². The van der Waals surface area contributed by atoms with Crippen molar-refractivity contribution in [2.45, 2.75) is 46.1 Å². The molecule has 1 N–H and O–H groups in total. The number of aryl methyl sites for hydroxylation is 2. The van der Waals surface area contributed by atoms with Crippen molar-refractivity contribution in [3.8, 4) is 0 Å². The van der Waals surface area contributed by atoms with E-state index in [1.807, 2.05) is 46.0 Å². The SMILES string of the molecule is CBr.CC.Cc1cnc(N(C)C2CCc3[nH]c4ccc(F)nc4c3C2)nc1. The normalized spacial score (nSPS) is 15.1. The Hall–Kier alpha value is -2.02. The molecular formula is C20H27BrFN5. The fraction of sp³-hybridized carbons (Fsp3) is 0.450. The number of nitrogens with one attached hydrogen (secondary N) is 1. The van der Waals surface area contributed by atoms with E-state index in [0.717, 1.165) is 47.4 Å². The standard InChI is InChI=1S/C17H18FN5.C2H6.CH3Br/c1-10-8-19-17(20-9-10)23(2)11-3-4-13-12(7-11)16-14(21-13)5-6-15(18)22-16;2*1-2/h5-6,8-9,11,21H,3-4,7H2,1-2H3;1-2H3;1H3. The molecule has 4 rings (SSSR count). The van der Waals surface area contributed by atoms with Gasteiger partial charge in [-0.15, -0.1) is 0 Å². The summed E-state index contributed by atoms with van der Waals surface area (Å²) in [5, 5.41) is 0. The van der Waals surface area contributed by atoms with Crippen molar-refractivity contribution < 1.29 is 4.39 Å². The zero-order valence-electron chi connectivity index (χ0n) is 16.6. The fourth-order valence-electron chi connectivity index (χ4n) is 3.29. The molecule has 5 nitrogen and oxygen atoms in total. The van der Waals surface area contributed by atoms with Crippen LogP contribution in [0.3, 0.4) is 0 Å². The average molecular weight is 436 g/mol. The van der Waals surface area contributed by atoms with E-state index in [4.69, 9.17) is 0 Å². The second-order valence-electron chi connectivity index (χ2n) is 6.18. The first-order valence-corrected chi connectivity index (χ1v) is 10.8. The molecule has 27 heavy (non-hydrogen) atoms. The zero-order chi connectivity index (χ0) is 20.0. The number of halogens is 2. The Kier molecular flexibility index (Phi) is 7.71. The molecule has 146 valence electrons. The number of H-pyrrole nitrogens is 1. The Morgan fingerprint density at radius 2 is 1.85 bits per heavy atom. The second kappa shape index (κ2) is 9.78. The third-order valence-electron chi connectivity index (χ3n) is 4.59. The summed E-state index contributed by atoms with van der Waals surface area (Å²) < 4.78 is 13.5. The van der Waals surface area contributed by atoms with Gasteiger partial charge >= 0.3 is 0 Å². The Balaban J connectivity index is 0.000000614. The van der Waals surface area contributed by atoms with Gasteiger partial charge in [0.2, 0.25) is 11.9 Å². The molecule has 0 fully saturated rings. The Bertz CT molecular complexity index is 863. The lowest BCUT2D eigenvalue weighted by molar-refractivity contribution is 0.537. The van der Waals surface area contributed by atoms with E-state index in [2.05, 4.69) is 40.8 Å². The largest absolute Gasteiger partial charge is 0.357 e. The number of aromatic amines is 1. The van der Waals surface area contributed by atoms with Crippen molar-refractivity contribution in [2.75, 3.05) is 17.8 Å². The average Bonchev–Trinajstić information content (AvgIpc) is 3.08. The first-order valence-electron chi connectivity index (χ1n) is 9.17. The summed E-state index contributed by atoms with van der Waals surface area (Å²) in [6, 6.07) is 3.44. The minimum atomic E-state index is -0.434. The number of alkyl halides is 1. The summed E-state index contributed by atoms with van der Waals surface area (Å²) in [5.41, 5.74) is 5.00. The molecule has 0 bridgehead atoms. The lowest BCUT2D eigenvalue weighted by atomic mass is 9.92. The van der Waals surface area contributed by atoms with Crippen molar-refractivity contribution >= 4 is 32.9 Å². The van der Waals surface area contributed by atoms with Crippen molar-refractivity contribution in [1.29, 1.82) is 0 Å². The van der Waals surface area contributed by atoms with E-state index in [9.17, 15) is 4.39 Å². The molecule has 7 heteroatoms. The number of fused-ring (bicyclic) bond motifs is 3. The lowest BCUT2D eigenvalue weighted by Gasteiger charge is -2.31. The molecule has 1 aliphatic rings. The quantitative estimate of drug-likeness (QED) is 0.462. The van der Waals surface area contributed by atoms with E-state index in [0.29, 0.717) is 0 Å². The number of pyridine rings is 1. The molecule has 3 aromatic heterocycles. The van der Waals surface area contributed by atoms with Gasteiger partial charge in [0.1, 0.15) is 0 Å². The lowest BCUT2D eigenvalue weighted by Crippen LogP contribution is -2.37. The van der Waals surface area contributed by atoms with Gasteiger partial charge < -0.3 is 9.88 Å². The summed E-state index contributed by atoms with van der Waals surface area (Å²) in [4.78, 5) is 18.4. The van der Waals surface area contributed by atoms with Gasteiger partial charge in [-0.2, -0.15) is 4.39 Å². The van der Waals surface area contributed by atoms with Crippen LogP contribution >= 0.6 is 15.9 Å². The highest BCUT2D eigenvalue weighted by Gasteiger charge is 2.27. The molecule has 0 aromatic carbocycles. The fourth-order valence-corrected chi connectivity index (χ4v) is 3.29. The second-order valence-corrected chi connectivity index (χ2v) is 6.18. The Morgan fingerprint density at radius 1 is 1.19 bits per heavy atom. The number of likely N-dealkylation sites (N-methyl/N-ethyl adjacent to an activating group) is 1. The van der Waals surface area contributed by atoms with E-state index in [-0.39, 0.29) is 6.04 Å². The van der Waals surface area contributed by atoms with Crippen molar-refractivity contribution in [1.82, 2.24) is 19.9 Å². The maximum Gasteiger partial charge on any atom is 0.225 e. The molecule has 0 radical (unpaired) electrons. The van der Waals surface area contributed by atoms with Crippen LogP contribution in [0.2, 0.25) is 0 Å². The van der Waals surface area contributed by atoms with Crippen LogP contribution in [-0.4, -0.2) is 38.9 Å². The van der Waals surface area contributed by atoms with E-state index >= 15 is 0 Å². The number of nitrogens with zero attached hydrogens (tertiary/aromatic N) is 4. The molecule has 0 saturated carbocycles. The van der Waals surface area contributed by atoms with Crippen LogP contribution in [0.1, 0.15) is 37.1 Å². The highest BCUT2D eigenvalue weighted by Crippen LogP contribution is 2.30. The molecule has 0 aliphatic heterocycles. The molecule has 0 saturated heterocycles. The smallest absolute Gasteiger partial charge is 0.225 e. The molecule has 0 spiro atoms. The maximum absolute atomic E-state index is 13.5. The van der Waals surface area contributed by atoms with Gasteiger partial charge in [0, 0.05) is 36.7 Å². The Morgan fingerprint density at radius 3 is 2.52 bits per heavy atom. The summed E-state index contributed by atoms with van der Waals surface area (Å²) in [7, 11) is 2.02. The molecule has 1 atom stereocenters. The highest BCUT2D eigenvalue weighted by atomic mass is 79.9. The van der Waals surface area contributed by atoms with Gasteiger partial charge in [-0.1, -0.05) is 29.8 Å². The number of aromatic nitrogens is 4. The van der Waals surface area contributed by atoms with Crippen LogP contribution in [0.15, 0.2) is 24.5 Å². The van der Waals surface area contributed by atoms with Gasteiger partial charge in [-0.3, -0.25) is 0 Å². The molecule has 1 aliphatic carbocycles. The predicted molar refractivity (Wildman–Crippen MR) is 113 cm³/mol. The van der Waals surface area contributed by atoms with Crippen molar-refractivity contribution in [2.24, 2.45) is 0 Å². The van der Waals surface area contributed by atoms with Crippen molar-refractivity contribution in [3.63, 3.8) is 0 Å². The van der Waals surface area contributed by atoms with Crippen molar-refractivity contribution in [3.05, 3.63) is 47.3 Å². The molecule has 0 amide bonds. The maximum atomic E-state index is 13.5. The first-order chi connectivity index (χ1) is 13.1.